The Bertz CT molecular complexity index is 1090. The Morgan fingerprint density at radius 3 is 2.58 bits per heavy atom. The highest BCUT2D eigenvalue weighted by Crippen LogP contribution is 2.25. The molecule has 31 heavy (non-hydrogen) atoms. The molecule has 2 heterocycles. The molecule has 0 radical (unpaired) electrons. The van der Waals surface area contributed by atoms with Crippen LogP contribution in [0.1, 0.15) is 30.5 Å². The van der Waals surface area contributed by atoms with Crippen molar-refractivity contribution in [2.75, 3.05) is 18.6 Å². The SMILES string of the molecule is COc1cccc(-c2ccc(CC(=O)CCC(=O)N3CCCn4nc(C)cc43)cc2)c1. The number of methoxy groups -OCH3 is 1. The van der Waals surface area contributed by atoms with Crippen molar-refractivity contribution in [1.82, 2.24) is 9.78 Å². The Hall–Kier alpha value is -3.41. The number of ketones is 1. The molecule has 2 aromatic carbocycles. The van der Waals surface area contributed by atoms with E-state index in [2.05, 4.69) is 5.10 Å². The monoisotopic (exact) mass is 417 g/mol. The summed E-state index contributed by atoms with van der Waals surface area (Å²) >= 11 is 0. The largest absolute Gasteiger partial charge is 0.497 e. The average molecular weight is 418 g/mol. The molecule has 1 amide bonds. The van der Waals surface area contributed by atoms with Gasteiger partial charge in [0.25, 0.3) is 0 Å². The van der Waals surface area contributed by atoms with Crippen molar-refractivity contribution in [3.05, 3.63) is 65.9 Å². The summed E-state index contributed by atoms with van der Waals surface area (Å²) < 4.78 is 7.16. The molecule has 0 unspecified atom stereocenters. The molecular weight excluding hydrogens is 390 g/mol. The van der Waals surface area contributed by atoms with Crippen molar-refractivity contribution in [2.24, 2.45) is 0 Å². The van der Waals surface area contributed by atoms with Gasteiger partial charge < -0.3 is 4.74 Å². The van der Waals surface area contributed by atoms with Crippen LogP contribution in [-0.2, 0) is 22.6 Å². The maximum atomic E-state index is 12.7. The molecule has 0 fully saturated rings. The second-order valence-corrected chi connectivity index (χ2v) is 7.91. The first-order valence-corrected chi connectivity index (χ1v) is 10.6. The van der Waals surface area contributed by atoms with Crippen LogP contribution in [0.4, 0.5) is 5.82 Å². The minimum Gasteiger partial charge on any atom is -0.497 e. The van der Waals surface area contributed by atoms with Gasteiger partial charge in [0.05, 0.1) is 12.8 Å². The number of amides is 1. The predicted molar refractivity (Wildman–Crippen MR) is 120 cm³/mol. The topological polar surface area (TPSA) is 64.4 Å². The van der Waals surface area contributed by atoms with Crippen molar-refractivity contribution in [2.45, 2.75) is 39.2 Å². The van der Waals surface area contributed by atoms with Crippen LogP contribution in [-0.4, -0.2) is 35.1 Å². The zero-order valence-corrected chi connectivity index (χ0v) is 18.0. The Kier molecular flexibility index (Phi) is 6.16. The van der Waals surface area contributed by atoms with E-state index in [0.29, 0.717) is 13.0 Å². The van der Waals surface area contributed by atoms with Crippen LogP contribution >= 0.6 is 0 Å². The van der Waals surface area contributed by atoms with E-state index in [0.717, 1.165) is 46.9 Å². The summed E-state index contributed by atoms with van der Waals surface area (Å²) in [7, 11) is 1.65. The van der Waals surface area contributed by atoms with Gasteiger partial charge in [0, 0.05) is 38.4 Å². The number of anilines is 1. The molecule has 3 aromatic rings. The summed E-state index contributed by atoms with van der Waals surface area (Å²) in [6.07, 6.45) is 1.70. The number of rotatable bonds is 7. The summed E-state index contributed by atoms with van der Waals surface area (Å²) in [6.45, 7) is 3.44. The van der Waals surface area contributed by atoms with E-state index in [1.165, 1.54) is 0 Å². The molecule has 0 aliphatic carbocycles. The molecule has 6 heteroatoms. The number of hydrogen-bond donors (Lipinski definition) is 0. The second kappa shape index (κ2) is 9.16. The first kappa shape index (κ1) is 20.8. The van der Waals surface area contributed by atoms with E-state index in [9.17, 15) is 9.59 Å². The highest BCUT2D eigenvalue weighted by molar-refractivity contribution is 5.95. The molecule has 0 N–H and O–H groups in total. The number of nitrogens with zero attached hydrogens (tertiary/aromatic N) is 3. The van der Waals surface area contributed by atoms with Gasteiger partial charge in [-0.1, -0.05) is 36.4 Å². The van der Waals surface area contributed by atoms with Crippen LogP contribution in [0.5, 0.6) is 5.75 Å². The summed E-state index contributed by atoms with van der Waals surface area (Å²) in [5.41, 5.74) is 4.00. The van der Waals surface area contributed by atoms with Crippen LogP contribution in [0.3, 0.4) is 0 Å². The van der Waals surface area contributed by atoms with E-state index < -0.39 is 0 Å². The highest BCUT2D eigenvalue weighted by Gasteiger charge is 2.24. The fraction of sp³-hybridized carbons (Fsp3) is 0.320. The van der Waals surface area contributed by atoms with Crippen molar-refractivity contribution in [3.63, 3.8) is 0 Å². The molecule has 4 rings (SSSR count). The molecule has 1 aromatic heterocycles. The van der Waals surface area contributed by atoms with E-state index in [4.69, 9.17) is 4.74 Å². The lowest BCUT2D eigenvalue weighted by Gasteiger charge is -2.27. The summed E-state index contributed by atoms with van der Waals surface area (Å²) in [6, 6.07) is 17.8. The van der Waals surface area contributed by atoms with Crippen LogP contribution in [0.15, 0.2) is 54.6 Å². The normalized spacial score (nSPS) is 13.0. The Labute approximate surface area is 182 Å². The van der Waals surface area contributed by atoms with Crippen molar-refractivity contribution in [3.8, 4) is 16.9 Å². The number of aryl methyl sites for hydroxylation is 2. The smallest absolute Gasteiger partial charge is 0.228 e. The molecule has 0 saturated heterocycles. The third-order valence-electron chi connectivity index (χ3n) is 5.59. The highest BCUT2D eigenvalue weighted by atomic mass is 16.5. The molecule has 160 valence electrons. The lowest BCUT2D eigenvalue weighted by Crippen LogP contribution is -2.37. The fourth-order valence-electron chi connectivity index (χ4n) is 3.97. The molecular formula is C25H27N3O3. The van der Waals surface area contributed by atoms with Gasteiger partial charge in [-0.2, -0.15) is 5.10 Å². The number of aromatic nitrogens is 2. The molecule has 0 spiro atoms. The molecule has 6 nitrogen and oxygen atoms in total. The Morgan fingerprint density at radius 2 is 1.81 bits per heavy atom. The summed E-state index contributed by atoms with van der Waals surface area (Å²) in [5, 5.41) is 4.42. The average Bonchev–Trinajstić information content (AvgIpc) is 3.18. The van der Waals surface area contributed by atoms with Gasteiger partial charge in [0.15, 0.2) is 0 Å². The van der Waals surface area contributed by atoms with Gasteiger partial charge in [-0.15, -0.1) is 0 Å². The van der Waals surface area contributed by atoms with Crippen molar-refractivity contribution in [1.29, 1.82) is 0 Å². The van der Waals surface area contributed by atoms with Gasteiger partial charge in [-0.3, -0.25) is 14.5 Å². The number of carbonyl (C=O) groups excluding carboxylic acids is 2. The maximum Gasteiger partial charge on any atom is 0.228 e. The first-order valence-electron chi connectivity index (χ1n) is 10.6. The standard InChI is InChI=1S/C25H27N3O3/c1-18-15-24-27(13-4-14-28(24)26-18)25(30)12-11-22(29)16-19-7-9-20(10-8-19)21-5-3-6-23(17-21)31-2/h3,5-10,15,17H,4,11-14,16H2,1-2H3. The number of carbonyl (C=O) groups is 2. The summed E-state index contributed by atoms with van der Waals surface area (Å²) in [5.74, 6) is 1.72. The lowest BCUT2D eigenvalue weighted by molar-refractivity contribution is -0.123. The van der Waals surface area contributed by atoms with E-state index >= 15 is 0 Å². The summed E-state index contributed by atoms with van der Waals surface area (Å²) in [4.78, 5) is 26.9. The third-order valence-corrected chi connectivity index (χ3v) is 5.59. The van der Waals surface area contributed by atoms with Gasteiger partial charge in [-0.25, -0.2) is 4.68 Å². The van der Waals surface area contributed by atoms with Gasteiger partial charge in [0.1, 0.15) is 17.4 Å². The van der Waals surface area contributed by atoms with Crippen LogP contribution in [0.25, 0.3) is 11.1 Å². The fourth-order valence-corrected chi connectivity index (χ4v) is 3.97. The molecule has 0 atom stereocenters. The number of benzene rings is 2. The quantitative estimate of drug-likeness (QED) is 0.578. The Balaban J connectivity index is 1.32. The predicted octanol–water partition coefficient (Wildman–Crippen LogP) is 4.20. The zero-order valence-electron chi connectivity index (χ0n) is 18.0. The second-order valence-electron chi connectivity index (χ2n) is 7.91. The van der Waals surface area contributed by atoms with Crippen molar-refractivity contribution < 1.29 is 14.3 Å². The minimum absolute atomic E-state index is 0.0115. The zero-order chi connectivity index (χ0) is 21.8. The Morgan fingerprint density at radius 1 is 1.00 bits per heavy atom. The number of hydrogen-bond acceptors (Lipinski definition) is 4. The molecule has 0 saturated carbocycles. The van der Waals surface area contributed by atoms with Gasteiger partial charge >= 0.3 is 0 Å². The van der Waals surface area contributed by atoms with Crippen LogP contribution < -0.4 is 9.64 Å². The third kappa shape index (κ3) is 4.85. The number of fused-ring (bicyclic) bond motifs is 1. The number of Topliss-reactive ketones (excluding diaryl/α,β-unsaturated/α-hetero) is 1. The van der Waals surface area contributed by atoms with E-state index in [-0.39, 0.29) is 24.5 Å². The van der Waals surface area contributed by atoms with E-state index in [1.807, 2.05) is 66.2 Å². The molecule has 1 aliphatic rings. The lowest BCUT2D eigenvalue weighted by atomic mass is 10.0. The van der Waals surface area contributed by atoms with Gasteiger partial charge in [-0.05, 0) is 42.2 Å². The molecule has 0 bridgehead atoms. The first-order chi connectivity index (χ1) is 15.0. The van der Waals surface area contributed by atoms with E-state index in [1.54, 1.807) is 12.0 Å². The van der Waals surface area contributed by atoms with Crippen LogP contribution in [0.2, 0.25) is 0 Å². The van der Waals surface area contributed by atoms with Crippen molar-refractivity contribution >= 4 is 17.5 Å². The maximum absolute atomic E-state index is 12.7. The van der Waals surface area contributed by atoms with Gasteiger partial charge in [0.2, 0.25) is 5.91 Å². The minimum atomic E-state index is -0.0115. The number of ether oxygens (including phenoxy) is 1. The van der Waals surface area contributed by atoms with Crippen LogP contribution in [0, 0.1) is 6.92 Å². The molecule has 1 aliphatic heterocycles.